The molecular weight excluding hydrogens is 346 g/mol. The number of nitrogens with one attached hydrogen (secondary N) is 1. The van der Waals surface area contributed by atoms with Crippen LogP contribution in [0.4, 0.5) is 5.82 Å². The molecule has 0 atom stereocenters. The van der Waals surface area contributed by atoms with Gasteiger partial charge in [0.25, 0.3) is 0 Å². The highest BCUT2D eigenvalue weighted by molar-refractivity contribution is 9.10. The average Bonchev–Trinajstić information content (AvgIpc) is 2.25. The zero-order chi connectivity index (χ0) is 12.3. The summed E-state index contributed by atoms with van der Waals surface area (Å²) in [7, 11) is 0. The fraction of sp³-hybridized carbons (Fsp3) is 0.167. The molecule has 0 radical (unpaired) electrons. The fourth-order valence-electron chi connectivity index (χ4n) is 1.46. The van der Waals surface area contributed by atoms with E-state index in [4.69, 9.17) is 0 Å². The first kappa shape index (κ1) is 12.5. The number of rotatable bonds is 3. The summed E-state index contributed by atoms with van der Waals surface area (Å²) in [5.41, 5.74) is 1.20. The fourth-order valence-corrected chi connectivity index (χ4v) is 2.38. The molecule has 0 fully saturated rings. The first-order chi connectivity index (χ1) is 8.13. The summed E-state index contributed by atoms with van der Waals surface area (Å²) in [6, 6.07) is 10.0. The van der Waals surface area contributed by atoms with Crippen molar-refractivity contribution in [2.24, 2.45) is 0 Å². The predicted octanol–water partition coefficient (Wildman–Crippen LogP) is 3.92. The molecule has 1 aromatic heterocycles. The second kappa shape index (κ2) is 5.60. The third-order valence-corrected chi connectivity index (χ3v) is 3.07. The molecule has 0 saturated carbocycles. The molecule has 2 aromatic rings. The number of halogens is 2. The maximum absolute atomic E-state index is 4.31. The van der Waals surface area contributed by atoms with Gasteiger partial charge < -0.3 is 5.32 Å². The number of hydrogen-bond donors (Lipinski definition) is 1. The molecule has 1 heterocycles. The van der Waals surface area contributed by atoms with Crippen molar-refractivity contribution in [3.63, 3.8) is 0 Å². The Labute approximate surface area is 117 Å². The minimum atomic E-state index is 0.738. The molecule has 17 heavy (non-hydrogen) atoms. The van der Waals surface area contributed by atoms with E-state index >= 15 is 0 Å². The lowest BCUT2D eigenvalue weighted by molar-refractivity contribution is 1.01. The average molecular weight is 357 g/mol. The first-order valence-electron chi connectivity index (χ1n) is 5.13. The summed E-state index contributed by atoms with van der Waals surface area (Å²) in [6.45, 7) is 2.61. The molecule has 88 valence electrons. The number of hydrogen-bond acceptors (Lipinski definition) is 3. The lowest BCUT2D eigenvalue weighted by Gasteiger charge is -2.07. The molecular formula is C12H11Br2N3. The second-order valence-electron chi connectivity index (χ2n) is 3.61. The van der Waals surface area contributed by atoms with Crippen LogP contribution in [-0.4, -0.2) is 9.97 Å². The van der Waals surface area contributed by atoms with E-state index in [-0.39, 0.29) is 0 Å². The van der Waals surface area contributed by atoms with Crippen LogP contribution in [0.1, 0.15) is 11.4 Å². The van der Waals surface area contributed by atoms with Crippen molar-refractivity contribution in [1.29, 1.82) is 0 Å². The van der Waals surface area contributed by atoms with E-state index in [2.05, 4.69) is 59.3 Å². The van der Waals surface area contributed by atoms with Crippen molar-refractivity contribution in [2.75, 3.05) is 5.32 Å². The molecule has 0 spiro atoms. The topological polar surface area (TPSA) is 37.8 Å². The van der Waals surface area contributed by atoms with Crippen LogP contribution < -0.4 is 5.32 Å². The van der Waals surface area contributed by atoms with E-state index in [0.29, 0.717) is 0 Å². The van der Waals surface area contributed by atoms with Crippen LogP contribution in [0.5, 0.6) is 0 Å². The van der Waals surface area contributed by atoms with Crippen molar-refractivity contribution in [2.45, 2.75) is 13.5 Å². The van der Waals surface area contributed by atoms with Crippen molar-refractivity contribution in [3.05, 3.63) is 50.8 Å². The summed E-state index contributed by atoms with van der Waals surface area (Å²) in [4.78, 5) is 8.47. The Morgan fingerprint density at radius 2 is 2.00 bits per heavy atom. The maximum atomic E-state index is 4.31. The summed E-state index contributed by atoms with van der Waals surface area (Å²) >= 11 is 6.80. The minimum absolute atomic E-state index is 0.738. The van der Waals surface area contributed by atoms with Crippen LogP contribution in [0.15, 0.2) is 39.4 Å². The van der Waals surface area contributed by atoms with Crippen LogP contribution in [0.25, 0.3) is 0 Å². The Bertz CT molecular complexity index is 509. The molecule has 5 heteroatoms. The van der Waals surface area contributed by atoms with Crippen LogP contribution in [0.3, 0.4) is 0 Å². The van der Waals surface area contributed by atoms with Gasteiger partial charge in [0.2, 0.25) is 0 Å². The SMILES string of the molecule is Cc1nc(Br)cc(NCc2cccc(Br)c2)n1. The van der Waals surface area contributed by atoms with Gasteiger partial charge in [-0.25, -0.2) is 9.97 Å². The van der Waals surface area contributed by atoms with Gasteiger partial charge in [0.15, 0.2) is 0 Å². The summed E-state index contributed by atoms with van der Waals surface area (Å²) in [5, 5.41) is 3.27. The van der Waals surface area contributed by atoms with E-state index in [9.17, 15) is 0 Å². The highest BCUT2D eigenvalue weighted by Crippen LogP contribution is 2.15. The van der Waals surface area contributed by atoms with E-state index in [1.54, 1.807) is 0 Å². The van der Waals surface area contributed by atoms with E-state index in [1.165, 1.54) is 5.56 Å². The zero-order valence-electron chi connectivity index (χ0n) is 9.24. The summed E-state index contributed by atoms with van der Waals surface area (Å²) in [5.74, 6) is 1.57. The van der Waals surface area contributed by atoms with Gasteiger partial charge in [-0.1, -0.05) is 28.1 Å². The summed E-state index contributed by atoms with van der Waals surface area (Å²) < 4.78 is 1.87. The smallest absolute Gasteiger partial charge is 0.131 e. The van der Waals surface area contributed by atoms with Crippen LogP contribution in [-0.2, 0) is 6.54 Å². The van der Waals surface area contributed by atoms with Crippen molar-refractivity contribution >= 4 is 37.7 Å². The monoisotopic (exact) mass is 355 g/mol. The van der Waals surface area contributed by atoms with Crippen LogP contribution in [0, 0.1) is 6.92 Å². The van der Waals surface area contributed by atoms with Gasteiger partial charge in [-0.2, -0.15) is 0 Å². The van der Waals surface area contributed by atoms with Gasteiger partial charge in [0, 0.05) is 17.1 Å². The maximum Gasteiger partial charge on any atom is 0.131 e. The van der Waals surface area contributed by atoms with Gasteiger partial charge in [-0.15, -0.1) is 0 Å². The van der Waals surface area contributed by atoms with Gasteiger partial charge in [-0.3, -0.25) is 0 Å². The zero-order valence-corrected chi connectivity index (χ0v) is 12.4. The van der Waals surface area contributed by atoms with Gasteiger partial charge >= 0.3 is 0 Å². The third-order valence-electron chi connectivity index (χ3n) is 2.17. The highest BCUT2D eigenvalue weighted by Gasteiger charge is 2.00. The Hall–Kier alpha value is -0.940. The number of benzene rings is 1. The summed E-state index contributed by atoms with van der Waals surface area (Å²) in [6.07, 6.45) is 0. The second-order valence-corrected chi connectivity index (χ2v) is 5.33. The molecule has 0 saturated heterocycles. The van der Waals surface area contributed by atoms with Crippen LogP contribution >= 0.6 is 31.9 Å². The van der Waals surface area contributed by atoms with Crippen molar-refractivity contribution in [1.82, 2.24) is 9.97 Å². The molecule has 0 aliphatic carbocycles. The Morgan fingerprint density at radius 1 is 1.18 bits per heavy atom. The Kier molecular flexibility index (Phi) is 4.12. The largest absolute Gasteiger partial charge is 0.366 e. The van der Waals surface area contributed by atoms with E-state index < -0.39 is 0 Å². The molecule has 3 nitrogen and oxygen atoms in total. The molecule has 1 N–H and O–H groups in total. The Balaban J connectivity index is 2.07. The molecule has 0 amide bonds. The number of aromatic nitrogens is 2. The molecule has 0 aliphatic heterocycles. The van der Waals surface area contributed by atoms with Gasteiger partial charge in [0.05, 0.1) is 0 Å². The number of aryl methyl sites for hydroxylation is 1. The Morgan fingerprint density at radius 3 is 2.71 bits per heavy atom. The molecule has 0 unspecified atom stereocenters. The lowest BCUT2D eigenvalue weighted by atomic mass is 10.2. The van der Waals surface area contributed by atoms with E-state index in [1.807, 2.05) is 25.1 Å². The normalized spacial score (nSPS) is 10.3. The van der Waals surface area contributed by atoms with Gasteiger partial charge in [-0.05, 0) is 40.5 Å². The predicted molar refractivity (Wildman–Crippen MR) is 75.9 cm³/mol. The van der Waals surface area contributed by atoms with Crippen molar-refractivity contribution in [3.8, 4) is 0 Å². The first-order valence-corrected chi connectivity index (χ1v) is 6.71. The molecule has 0 aliphatic rings. The van der Waals surface area contributed by atoms with Gasteiger partial charge in [0.1, 0.15) is 16.2 Å². The molecule has 2 rings (SSSR count). The van der Waals surface area contributed by atoms with Crippen LogP contribution in [0.2, 0.25) is 0 Å². The minimum Gasteiger partial charge on any atom is -0.366 e. The van der Waals surface area contributed by atoms with E-state index in [0.717, 1.165) is 27.3 Å². The quantitative estimate of drug-likeness (QED) is 0.847. The molecule has 1 aromatic carbocycles. The standard InChI is InChI=1S/C12H11Br2N3/c1-8-16-11(14)6-12(17-8)15-7-9-3-2-4-10(13)5-9/h2-6H,7H2,1H3,(H,15,16,17). The molecule has 0 bridgehead atoms. The lowest BCUT2D eigenvalue weighted by Crippen LogP contribution is -2.03. The number of nitrogens with zero attached hydrogens (tertiary/aromatic N) is 2. The third kappa shape index (κ3) is 3.78. The van der Waals surface area contributed by atoms with Crippen molar-refractivity contribution < 1.29 is 0 Å². The number of anilines is 1. The highest BCUT2D eigenvalue weighted by atomic mass is 79.9.